The topological polar surface area (TPSA) is 63.4 Å². The number of nitrogens with zero attached hydrogens (tertiary/aromatic N) is 1. The molecule has 2 rings (SSSR count). The highest BCUT2D eigenvalue weighted by Gasteiger charge is 2.35. The number of hydrogen-bond donors (Lipinski definition) is 1. The van der Waals surface area contributed by atoms with Crippen molar-refractivity contribution in [2.75, 3.05) is 13.1 Å². The summed E-state index contributed by atoms with van der Waals surface area (Å²) < 4.78 is 0. The van der Waals surface area contributed by atoms with Gasteiger partial charge in [-0.3, -0.25) is 14.5 Å². The summed E-state index contributed by atoms with van der Waals surface area (Å²) in [6.45, 7) is 1.74. The molecule has 2 atom stereocenters. The predicted molar refractivity (Wildman–Crippen MR) is 70.0 cm³/mol. The second-order valence-electron chi connectivity index (χ2n) is 5.63. The van der Waals surface area contributed by atoms with Crippen molar-refractivity contribution in [2.24, 2.45) is 11.7 Å². The number of amides is 1. The van der Waals surface area contributed by atoms with Crippen LogP contribution in [-0.2, 0) is 9.59 Å². The number of carbonyl (C=O) groups is 2. The van der Waals surface area contributed by atoms with E-state index in [1.54, 1.807) is 0 Å². The fourth-order valence-electron chi connectivity index (χ4n) is 3.42. The van der Waals surface area contributed by atoms with Gasteiger partial charge in [0.25, 0.3) is 0 Å². The van der Waals surface area contributed by atoms with Gasteiger partial charge in [-0.15, -0.1) is 0 Å². The number of Topliss-reactive ketones (excluding diaryl/α,β-unsaturated/α-hetero) is 1. The molecule has 1 saturated heterocycles. The van der Waals surface area contributed by atoms with Crippen LogP contribution in [0.3, 0.4) is 0 Å². The molecule has 2 aliphatic rings. The van der Waals surface area contributed by atoms with Crippen LogP contribution in [0.25, 0.3) is 0 Å². The van der Waals surface area contributed by atoms with Crippen molar-refractivity contribution in [3.63, 3.8) is 0 Å². The molecule has 1 amide bonds. The highest BCUT2D eigenvalue weighted by molar-refractivity contribution is 5.82. The minimum Gasteiger partial charge on any atom is -0.370 e. The van der Waals surface area contributed by atoms with E-state index < -0.39 is 0 Å². The molecular formula is C14H24N2O2. The van der Waals surface area contributed by atoms with Crippen LogP contribution in [0, 0.1) is 5.92 Å². The SMILES string of the molecule is NC(=O)CCN1CCCCC1C1CCCCC1=O. The van der Waals surface area contributed by atoms with E-state index in [-0.39, 0.29) is 11.8 Å². The van der Waals surface area contributed by atoms with E-state index >= 15 is 0 Å². The zero-order chi connectivity index (χ0) is 13.0. The van der Waals surface area contributed by atoms with Crippen molar-refractivity contribution in [1.29, 1.82) is 0 Å². The lowest BCUT2D eigenvalue weighted by Gasteiger charge is -2.41. The van der Waals surface area contributed by atoms with E-state index in [4.69, 9.17) is 5.73 Å². The number of carbonyl (C=O) groups excluding carboxylic acids is 2. The monoisotopic (exact) mass is 252 g/mol. The summed E-state index contributed by atoms with van der Waals surface area (Å²) in [6.07, 6.45) is 7.94. The number of hydrogen-bond acceptors (Lipinski definition) is 3. The Morgan fingerprint density at radius 2 is 2.00 bits per heavy atom. The number of primary amides is 1. The van der Waals surface area contributed by atoms with Crippen molar-refractivity contribution >= 4 is 11.7 Å². The molecule has 4 nitrogen and oxygen atoms in total. The molecule has 18 heavy (non-hydrogen) atoms. The number of ketones is 1. The first kappa shape index (κ1) is 13.5. The van der Waals surface area contributed by atoms with Gasteiger partial charge in [-0.1, -0.05) is 12.8 Å². The van der Waals surface area contributed by atoms with E-state index in [0.717, 1.165) is 38.8 Å². The third-order valence-corrected chi connectivity index (χ3v) is 4.38. The van der Waals surface area contributed by atoms with Crippen molar-refractivity contribution in [2.45, 2.75) is 57.4 Å². The van der Waals surface area contributed by atoms with E-state index in [0.29, 0.717) is 18.2 Å². The Hall–Kier alpha value is -0.900. The first-order valence-electron chi connectivity index (χ1n) is 7.23. The lowest BCUT2D eigenvalue weighted by Crippen LogP contribution is -2.48. The molecule has 1 heterocycles. The molecule has 0 aromatic rings. The standard InChI is InChI=1S/C14H24N2O2/c15-14(18)8-10-16-9-4-3-6-12(16)11-5-1-2-7-13(11)17/h11-12H,1-10H2,(H2,15,18). The van der Waals surface area contributed by atoms with Gasteiger partial charge in [0.05, 0.1) is 0 Å². The number of rotatable bonds is 4. The predicted octanol–water partition coefficient (Wildman–Crippen LogP) is 1.48. The Morgan fingerprint density at radius 1 is 1.22 bits per heavy atom. The molecule has 2 unspecified atom stereocenters. The minimum absolute atomic E-state index is 0.215. The smallest absolute Gasteiger partial charge is 0.218 e. The average Bonchev–Trinajstić information content (AvgIpc) is 2.37. The van der Waals surface area contributed by atoms with E-state index in [9.17, 15) is 9.59 Å². The highest BCUT2D eigenvalue weighted by Crippen LogP contribution is 2.31. The number of nitrogens with two attached hydrogens (primary N) is 1. The van der Waals surface area contributed by atoms with Crippen LogP contribution < -0.4 is 5.73 Å². The second-order valence-corrected chi connectivity index (χ2v) is 5.63. The van der Waals surface area contributed by atoms with Crippen molar-refractivity contribution < 1.29 is 9.59 Å². The van der Waals surface area contributed by atoms with Crippen LogP contribution in [-0.4, -0.2) is 35.7 Å². The first-order valence-corrected chi connectivity index (χ1v) is 7.23. The van der Waals surface area contributed by atoms with Gasteiger partial charge < -0.3 is 5.73 Å². The molecule has 2 fully saturated rings. The minimum atomic E-state index is -0.241. The van der Waals surface area contributed by atoms with Crippen molar-refractivity contribution in [3.05, 3.63) is 0 Å². The van der Waals surface area contributed by atoms with Crippen molar-refractivity contribution in [3.8, 4) is 0 Å². The summed E-state index contributed by atoms with van der Waals surface area (Å²) in [4.78, 5) is 25.3. The molecule has 1 aliphatic carbocycles. The quantitative estimate of drug-likeness (QED) is 0.824. The molecule has 1 aliphatic heterocycles. The molecule has 4 heteroatoms. The van der Waals surface area contributed by atoms with Gasteiger partial charge in [0.1, 0.15) is 5.78 Å². The van der Waals surface area contributed by atoms with Gasteiger partial charge in [-0.25, -0.2) is 0 Å². The Labute approximate surface area is 109 Å². The van der Waals surface area contributed by atoms with E-state index in [1.165, 1.54) is 19.3 Å². The lowest BCUT2D eigenvalue weighted by molar-refractivity contribution is -0.127. The van der Waals surface area contributed by atoms with Gasteiger partial charge in [0, 0.05) is 31.3 Å². The van der Waals surface area contributed by atoms with Gasteiger partial charge >= 0.3 is 0 Å². The van der Waals surface area contributed by atoms with Crippen molar-refractivity contribution in [1.82, 2.24) is 4.90 Å². The molecule has 2 N–H and O–H groups in total. The lowest BCUT2D eigenvalue weighted by atomic mass is 9.79. The normalized spacial score (nSPS) is 30.3. The van der Waals surface area contributed by atoms with Gasteiger partial charge in [0.15, 0.2) is 0 Å². The third-order valence-electron chi connectivity index (χ3n) is 4.38. The maximum absolute atomic E-state index is 12.1. The van der Waals surface area contributed by atoms with Gasteiger partial charge in [0.2, 0.25) is 5.91 Å². The van der Waals surface area contributed by atoms with Crippen LogP contribution in [0.5, 0.6) is 0 Å². The van der Waals surface area contributed by atoms with Gasteiger partial charge in [-0.2, -0.15) is 0 Å². The second kappa shape index (κ2) is 6.32. The van der Waals surface area contributed by atoms with Crippen LogP contribution in [0.1, 0.15) is 51.4 Å². The third kappa shape index (κ3) is 3.31. The van der Waals surface area contributed by atoms with Crippen LogP contribution in [0.4, 0.5) is 0 Å². The summed E-state index contributed by atoms with van der Waals surface area (Å²) >= 11 is 0. The highest BCUT2D eigenvalue weighted by atomic mass is 16.1. The summed E-state index contributed by atoms with van der Waals surface area (Å²) in [5.41, 5.74) is 5.23. The molecule has 1 saturated carbocycles. The Balaban J connectivity index is 1.97. The maximum Gasteiger partial charge on any atom is 0.218 e. The summed E-state index contributed by atoms with van der Waals surface area (Å²) in [7, 11) is 0. The molecule has 102 valence electrons. The van der Waals surface area contributed by atoms with Crippen LogP contribution in [0.2, 0.25) is 0 Å². The van der Waals surface area contributed by atoms with Gasteiger partial charge in [-0.05, 0) is 32.2 Å². The largest absolute Gasteiger partial charge is 0.370 e. The zero-order valence-electron chi connectivity index (χ0n) is 11.1. The number of piperidine rings is 1. The average molecular weight is 252 g/mol. The molecule has 0 spiro atoms. The Kier molecular flexibility index (Phi) is 4.75. The Morgan fingerprint density at radius 3 is 2.72 bits per heavy atom. The summed E-state index contributed by atoms with van der Waals surface area (Å²) in [5.74, 6) is 0.415. The van der Waals surface area contributed by atoms with Crippen LogP contribution in [0.15, 0.2) is 0 Å². The number of likely N-dealkylation sites (tertiary alicyclic amines) is 1. The molecule has 0 aromatic heterocycles. The molecule has 0 radical (unpaired) electrons. The molecule has 0 aromatic carbocycles. The molecule has 0 bridgehead atoms. The summed E-state index contributed by atoms with van der Waals surface area (Å²) in [5, 5.41) is 0. The summed E-state index contributed by atoms with van der Waals surface area (Å²) in [6, 6.07) is 0.367. The first-order chi connectivity index (χ1) is 8.68. The zero-order valence-corrected chi connectivity index (χ0v) is 11.1. The fraction of sp³-hybridized carbons (Fsp3) is 0.857. The fourth-order valence-corrected chi connectivity index (χ4v) is 3.42. The van der Waals surface area contributed by atoms with E-state index in [2.05, 4.69) is 4.90 Å². The molecular weight excluding hydrogens is 228 g/mol. The maximum atomic E-state index is 12.1. The Bertz CT molecular complexity index is 317. The van der Waals surface area contributed by atoms with E-state index in [1.807, 2.05) is 0 Å². The van der Waals surface area contributed by atoms with Crippen LogP contribution >= 0.6 is 0 Å².